The topological polar surface area (TPSA) is 159 Å². The van der Waals surface area contributed by atoms with Crippen molar-refractivity contribution in [1.29, 1.82) is 0 Å². The van der Waals surface area contributed by atoms with Gasteiger partial charge in [-0.2, -0.15) is 4.98 Å². The Morgan fingerprint density at radius 1 is 1.50 bits per heavy atom. The summed E-state index contributed by atoms with van der Waals surface area (Å²) in [6.07, 6.45) is 0.795. The van der Waals surface area contributed by atoms with E-state index >= 15 is 0 Å². The predicted molar refractivity (Wildman–Crippen MR) is 116 cm³/mol. The van der Waals surface area contributed by atoms with Crippen LogP contribution in [0.25, 0.3) is 0 Å². The first-order chi connectivity index (χ1) is 13.5. The Kier molecular flexibility index (Phi) is 9.96. The molecule has 0 bridgehead atoms. The van der Waals surface area contributed by atoms with Gasteiger partial charge >= 0.3 is 11.7 Å². The number of hydrogen-bond acceptors (Lipinski definition) is 10. The number of hydrogen-bond donors (Lipinski definition) is 3. The van der Waals surface area contributed by atoms with E-state index in [1.165, 1.54) is 29.3 Å². The number of rotatable bonds is 9. The summed E-state index contributed by atoms with van der Waals surface area (Å²) in [5.74, 6) is -0.431. The highest BCUT2D eigenvalue weighted by Gasteiger charge is 2.37. The highest BCUT2D eigenvalue weighted by molar-refractivity contribution is 8.00. The Bertz CT molecular complexity index is 822. The van der Waals surface area contributed by atoms with Crippen LogP contribution in [0.3, 0.4) is 0 Å². The summed E-state index contributed by atoms with van der Waals surface area (Å²) >= 11 is 1.30. The molecule has 172 valence electrons. The molecular weight excluding hydrogens is 433 g/mol. The third-order valence-electron chi connectivity index (χ3n) is 4.09. The highest BCUT2D eigenvalue weighted by Crippen LogP contribution is 2.44. The molecule has 11 nitrogen and oxygen atoms in total. The summed E-state index contributed by atoms with van der Waals surface area (Å²) in [7, 11) is -3.32. The van der Waals surface area contributed by atoms with Gasteiger partial charge in [-0.3, -0.25) is 13.9 Å². The fourth-order valence-electron chi connectivity index (χ4n) is 2.62. The van der Waals surface area contributed by atoms with E-state index in [0.29, 0.717) is 0 Å². The first-order valence-corrected chi connectivity index (χ1v) is 12.2. The molecule has 0 saturated carbocycles. The molecule has 2 heterocycles. The molecule has 0 spiro atoms. The number of nitrogens with zero attached hydrogens (tertiary/aromatic N) is 3. The molecule has 1 aliphatic rings. The van der Waals surface area contributed by atoms with Crippen LogP contribution in [0, 0.1) is 5.92 Å². The number of anilines is 1. The molecular formula is C17H32N5O6PS. The van der Waals surface area contributed by atoms with Gasteiger partial charge in [-0.15, -0.1) is 11.8 Å². The second-order valence-corrected chi connectivity index (χ2v) is 11.0. The first-order valence-electron chi connectivity index (χ1n) is 9.19. The summed E-state index contributed by atoms with van der Waals surface area (Å²) < 4.78 is 24.5. The number of ether oxygens (including phenoxy) is 1. The van der Waals surface area contributed by atoms with Crippen molar-refractivity contribution >= 4 is 31.2 Å². The number of aliphatic hydroxyl groups is 1. The molecule has 0 radical (unpaired) electrons. The van der Waals surface area contributed by atoms with E-state index < -0.39 is 36.6 Å². The molecule has 30 heavy (non-hydrogen) atoms. The standard InChI is InChI=1S/C16H28N5O6PS.CH4/c1-9(2)6-26-14(23)10(3)20-28(4,25)27-7-12-11(22)5-13(29-12)21-8-18-15(17)19-16(21)24;/h8-13,22H,5-7H2,1-4H3,(H,20,25)(H2,17,19,24);1H4/t10-,11+,12+,13+,28?;/m0./s1. The monoisotopic (exact) mass is 465 g/mol. The maximum Gasteiger partial charge on any atom is 0.353 e. The molecule has 0 aliphatic carbocycles. The molecule has 1 aliphatic heterocycles. The second-order valence-electron chi connectivity index (χ2n) is 7.35. The van der Waals surface area contributed by atoms with E-state index in [2.05, 4.69) is 15.1 Å². The van der Waals surface area contributed by atoms with Crippen molar-refractivity contribution < 1.29 is 23.7 Å². The minimum absolute atomic E-state index is 0. The number of carbonyl (C=O) groups is 1. The van der Waals surface area contributed by atoms with Crippen LogP contribution < -0.4 is 16.5 Å². The molecule has 1 unspecified atom stereocenters. The SMILES string of the molecule is C.CC(C)COC(=O)[C@H](C)NP(C)(=O)OC[C@H]1S[C@@H](n2cnc(N)nc2=O)C[C@H]1O. The van der Waals surface area contributed by atoms with Crippen LogP contribution in [-0.2, 0) is 18.6 Å². The fraction of sp³-hybridized carbons (Fsp3) is 0.765. The molecule has 1 aromatic heterocycles. The summed E-state index contributed by atoms with van der Waals surface area (Å²) in [5, 5.41) is 12.1. The lowest BCUT2D eigenvalue weighted by molar-refractivity contribution is -0.146. The third-order valence-corrected chi connectivity index (χ3v) is 7.12. The van der Waals surface area contributed by atoms with Crippen LogP contribution >= 0.6 is 19.3 Å². The Labute approximate surface area is 180 Å². The van der Waals surface area contributed by atoms with Gasteiger partial charge in [-0.1, -0.05) is 21.3 Å². The molecule has 5 atom stereocenters. The largest absolute Gasteiger partial charge is 0.464 e. The number of aliphatic hydroxyl groups excluding tert-OH is 1. The van der Waals surface area contributed by atoms with Gasteiger partial charge in [0, 0.05) is 13.1 Å². The number of nitrogens with two attached hydrogens (primary N) is 1. The fourth-order valence-corrected chi connectivity index (χ4v) is 5.48. The van der Waals surface area contributed by atoms with E-state index in [0.717, 1.165) is 0 Å². The smallest absolute Gasteiger partial charge is 0.353 e. The highest BCUT2D eigenvalue weighted by atomic mass is 32.2. The molecule has 1 saturated heterocycles. The Morgan fingerprint density at radius 3 is 2.77 bits per heavy atom. The lowest BCUT2D eigenvalue weighted by Crippen LogP contribution is -2.35. The quantitative estimate of drug-likeness (QED) is 0.356. The van der Waals surface area contributed by atoms with Crippen LogP contribution in [0.1, 0.15) is 40.0 Å². The first kappa shape index (κ1) is 26.6. The average molecular weight is 466 g/mol. The second kappa shape index (κ2) is 11.2. The van der Waals surface area contributed by atoms with E-state index in [4.69, 9.17) is 15.0 Å². The molecule has 0 amide bonds. The number of thioether (sulfide) groups is 1. The zero-order valence-corrected chi connectivity index (χ0v) is 18.6. The van der Waals surface area contributed by atoms with Gasteiger partial charge in [0.15, 0.2) is 0 Å². The van der Waals surface area contributed by atoms with Crippen molar-refractivity contribution in [3.05, 3.63) is 16.8 Å². The van der Waals surface area contributed by atoms with Gasteiger partial charge in [0.05, 0.1) is 29.9 Å². The Hall–Kier alpha value is -1.46. The van der Waals surface area contributed by atoms with Crippen molar-refractivity contribution in [3.8, 4) is 0 Å². The van der Waals surface area contributed by atoms with Crippen molar-refractivity contribution in [2.24, 2.45) is 5.92 Å². The van der Waals surface area contributed by atoms with Gasteiger partial charge in [-0.05, 0) is 12.8 Å². The van der Waals surface area contributed by atoms with Crippen molar-refractivity contribution in [2.45, 2.75) is 57.4 Å². The third kappa shape index (κ3) is 7.66. The lowest BCUT2D eigenvalue weighted by Gasteiger charge is -2.22. The van der Waals surface area contributed by atoms with Crippen molar-refractivity contribution in [2.75, 3.05) is 25.6 Å². The number of esters is 1. The lowest BCUT2D eigenvalue weighted by atomic mass is 10.2. The number of nitrogen functional groups attached to an aromatic ring is 1. The molecule has 1 aromatic rings. The summed E-state index contributed by atoms with van der Waals surface area (Å²) in [6, 6.07) is -0.802. The number of carbonyl (C=O) groups excluding carboxylic acids is 1. The van der Waals surface area contributed by atoms with E-state index in [9.17, 15) is 19.3 Å². The number of nitrogens with one attached hydrogen (secondary N) is 1. The predicted octanol–water partition coefficient (Wildman–Crippen LogP) is 1.24. The minimum atomic E-state index is -3.32. The maximum atomic E-state index is 12.7. The van der Waals surface area contributed by atoms with Gasteiger partial charge in [0.25, 0.3) is 7.52 Å². The van der Waals surface area contributed by atoms with Crippen molar-refractivity contribution in [3.63, 3.8) is 0 Å². The molecule has 0 aromatic carbocycles. The van der Waals surface area contributed by atoms with Crippen LogP contribution in [0.5, 0.6) is 0 Å². The van der Waals surface area contributed by atoms with E-state index in [1.54, 1.807) is 6.92 Å². The summed E-state index contributed by atoms with van der Waals surface area (Å²) in [6.45, 7) is 7.00. The van der Waals surface area contributed by atoms with E-state index in [1.807, 2.05) is 13.8 Å². The Morgan fingerprint density at radius 2 is 2.17 bits per heavy atom. The molecule has 13 heteroatoms. The molecule has 2 rings (SSSR count). The van der Waals surface area contributed by atoms with Crippen molar-refractivity contribution in [1.82, 2.24) is 19.6 Å². The van der Waals surface area contributed by atoms with Gasteiger partial charge < -0.3 is 20.1 Å². The normalized spacial score (nSPS) is 24.1. The average Bonchev–Trinajstić information content (AvgIpc) is 2.98. The minimum Gasteiger partial charge on any atom is -0.464 e. The van der Waals surface area contributed by atoms with Gasteiger partial charge in [0.1, 0.15) is 12.4 Å². The van der Waals surface area contributed by atoms with Crippen LogP contribution in [0.2, 0.25) is 0 Å². The molecule has 1 fully saturated rings. The van der Waals surface area contributed by atoms with Crippen LogP contribution in [0.15, 0.2) is 11.1 Å². The zero-order valence-electron chi connectivity index (χ0n) is 16.8. The molecule has 4 N–H and O–H groups in total. The van der Waals surface area contributed by atoms with Gasteiger partial charge in [0.2, 0.25) is 5.95 Å². The Balaban J connectivity index is 0.00000450. The van der Waals surface area contributed by atoms with Gasteiger partial charge in [-0.25, -0.2) is 14.9 Å². The van der Waals surface area contributed by atoms with Crippen LogP contribution in [0.4, 0.5) is 5.95 Å². The summed E-state index contributed by atoms with van der Waals surface area (Å²) in [5.41, 5.74) is 4.83. The van der Waals surface area contributed by atoms with E-state index in [-0.39, 0.29) is 44.3 Å². The summed E-state index contributed by atoms with van der Waals surface area (Å²) in [4.78, 5) is 31.3. The number of aromatic nitrogens is 3. The maximum absolute atomic E-state index is 12.7. The zero-order chi connectivity index (χ0) is 21.8. The van der Waals surface area contributed by atoms with Crippen LogP contribution in [-0.4, -0.2) is 62.9 Å².